The number of hydrogen-bond acceptors (Lipinski definition) is 5. The lowest BCUT2D eigenvalue weighted by Crippen LogP contribution is -2.45. The van der Waals surface area contributed by atoms with Crippen LogP contribution < -0.4 is 17.0 Å². The number of imidazole rings is 1. The molecule has 2 aromatic heterocycles. The van der Waals surface area contributed by atoms with E-state index >= 15 is 0 Å². The lowest BCUT2D eigenvalue weighted by molar-refractivity contribution is -0.135. The number of primary amides is 1. The number of piperidine rings is 1. The number of carbonyl (C=O) groups is 2. The highest BCUT2D eigenvalue weighted by atomic mass is 35.5. The summed E-state index contributed by atoms with van der Waals surface area (Å²) >= 11 is 6.12. The molecule has 10 nitrogen and oxygen atoms in total. The molecule has 26 heavy (non-hydrogen) atoms. The average molecular weight is 383 g/mol. The van der Waals surface area contributed by atoms with Gasteiger partial charge in [0.05, 0.1) is 5.92 Å². The summed E-state index contributed by atoms with van der Waals surface area (Å²) in [6.45, 7) is 0.534. The molecule has 1 fully saturated rings. The minimum Gasteiger partial charge on any atom is -0.369 e. The number of amides is 2. The Morgan fingerprint density at radius 3 is 2.62 bits per heavy atom. The normalized spacial score (nSPS) is 17.7. The number of aryl methyl sites for hydroxylation is 1. The number of likely N-dealkylation sites (tertiary alicyclic amines) is 1. The topological polar surface area (TPSA) is 125 Å². The van der Waals surface area contributed by atoms with E-state index in [9.17, 15) is 19.2 Å². The Bertz CT molecular complexity index is 1020. The maximum Gasteiger partial charge on any atom is 0.332 e. The first kappa shape index (κ1) is 18.2. The second kappa shape index (κ2) is 6.60. The van der Waals surface area contributed by atoms with Crippen LogP contribution >= 0.6 is 11.6 Å². The fourth-order valence-corrected chi connectivity index (χ4v) is 3.46. The summed E-state index contributed by atoms with van der Waals surface area (Å²) in [5.41, 5.74) is 4.43. The molecule has 2 aromatic rings. The van der Waals surface area contributed by atoms with E-state index in [4.69, 9.17) is 17.3 Å². The Balaban J connectivity index is 1.98. The van der Waals surface area contributed by atoms with E-state index in [1.807, 2.05) is 0 Å². The van der Waals surface area contributed by atoms with E-state index in [1.165, 1.54) is 28.1 Å². The predicted octanol–water partition coefficient (Wildman–Crippen LogP) is -1.19. The highest BCUT2D eigenvalue weighted by Crippen LogP contribution is 2.19. The van der Waals surface area contributed by atoms with E-state index in [1.54, 1.807) is 0 Å². The van der Waals surface area contributed by atoms with Gasteiger partial charge in [0, 0.05) is 27.2 Å². The van der Waals surface area contributed by atoms with Gasteiger partial charge in [0.25, 0.3) is 5.56 Å². The monoisotopic (exact) mass is 382 g/mol. The highest BCUT2D eigenvalue weighted by molar-refractivity contribution is 6.29. The van der Waals surface area contributed by atoms with Crippen molar-refractivity contribution in [2.45, 2.75) is 19.4 Å². The maximum atomic E-state index is 12.7. The second-order valence-electron chi connectivity index (χ2n) is 6.43. The Labute approximate surface area is 152 Å². The van der Waals surface area contributed by atoms with Crippen molar-refractivity contribution in [2.75, 3.05) is 13.1 Å². The molecular formula is C15H19ClN6O4. The third-order valence-corrected chi connectivity index (χ3v) is 5.06. The molecule has 2 N–H and O–H groups in total. The molecule has 0 radical (unpaired) electrons. The zero-order valence-corrected chi connectivity index (χ0v) is 15.2. The highest BCUT2D eigenvalue weighted by Gasteiger charge is 2.28. The number of carbonyl (C=O) groups excluding carboxylic acids is 2. The van der Waals surface area contributed by atoms with E-state index < -0.39 is 17.2 Å². The summed E-state index contributed by atoms with van der Waals surface area (Å²) in [6, 6.07) is 0. The van der Waals surface area contributed by atoms with Gasteiger partial charge in [0.2, 0.25) is 17.1 Å². The minimum absolute atomic E-state index is 0.0601. The molecule has 0 spiro atoms. The molecule has 1 saturated heterocycles. The average Bonchev–Trinajstić information content (AvgIpc) is 2.94. The summed E-state index contributed by atoms with van der Waals surface area (Å²) in [5.74, 6) is -1.11. The first-order chi connectivity index (χ1) is 12.2. The van der Waals surface area contributed by atoms with Gasteiger partial charge >= 0.3 is 5.69 Å². The van der Waals surface area contributed by atoms with Gasteiger partial charge in [0.15, 0.2) is 11.2 Å². The van der Waals surface area contributed by atoms with Gasteiger partial charge < -0.3 is 10.6 Å². The van der Waals surface area contributed by atoms with Crippen molar-refractivity contribution in [1.29, 1.82) is 0 Å². The van der Waals surface area contributed by atoms with E-state index in [0.717, 1.165) is 4.57 Å². The summed E-state index contributed by atoms with van der Waals surface area (Å²) in [5, 5.41) is -0.0601. The smallest absolute Gasteiger partial charge is 0.332 e. The molecule has 1 aliphatic heterocycles. The summed E-state index contributed by atoms with van der Waals surface area (Å²) in [6.07, 6.45) is 1.32. The van der Waals surface area contributed by atoms with Crippen LogP contribution in [0.5, 0.6) is 0 Å². The molecule has 0 aromatic carbocycles. The van der Waals surface area contributed by atoms with Crippen molar-refractivity contribution < 1.29 is 9.59 Å². The Morgan fingerprint density at radius 2 is 1.96 bits per heavy atom. The first-order valence-corrected chi connectivity index (χ1v) is 8.49. The second-order valence-corrected chi connectivity index (χ2v) is 6.76. The summed E-state index contributed by atoms with van der Waals surface area (Å²) in [4.78, 5) is 54.1. The summed E-state index contributed by atoms with van der Waals surface area (Å²) in [7, 11) is 2.82. The Kier molecular flexibility index (Phi) is 4.61. The third-order valence-electron chi connectivity index (χ3n) is 4.77. The molecule has 3 heterocycles. The number of nitrogens with two attached hydrogens (primary N) is 1. The lowest BCUT2D eigenvalue weighted by Gasteiger charge is -2.31. The van der Waals surface area contributed by atoms with Gasteiger partial charge in [-0.05, 0) is 24.4 Å². The van der Waals surface area contributed by atoms with Crippen molar-refractivity contribution >= 4 is 34.6 Å². The number of hydrogen-bond donors (Lipinski definition) is 1. The zero-order chi connectivity index (χ0) is 19.2. The standard InChI is InChI=1S/C15H19ClN6O4/c1-19-12-10(13(25)20(2)15(19)26)22(14(16)18-12)7-9(23)21-5-3-4-8(6-21)11(17)24/h8H,3-7H2,1-2H3,(H2,17,24)/t8-/m1/s1. The number of halogens is 1. The molecule has 0 bridgehead atoms. The molecule has 0 unspecified atom stereocenters. The molecule has 1 atom stereocenters. The van der Waals surface area contributed by atoms with Crippen LogP contribution in [0.2, 0.25) is 5.28 Å². The van der Waals surface area contributed by atoms with Crippen molar-refractivity contribution in [3.8, 4) is 0 Å². The van der Waals surface area contributed by atoms with Gasteiger partial charge in [-0.15, -0.1) is 0 Å². The SMILES string of the molecule is Cn1c(=O)c2c(nc(Cl)n2CC(=O)N2CCC[C@@H](C(N)=O)C2)n(C)c1=O. The zero-order valence-electron chi connectivity index (χ0n) is 14.4. The molecule has 140 valence electrons. The van der Waals surface area contributed by atoms with Crippen molar-refractivity contribution in [1.82, 2.24) is 23.6 Å². The van der Waals surface area contributed by atoms with E-state index in [0.29, 0.717) is 19.4 Å². The molecule has 11 heteroatoms. The van der Waals surface area contributed by atoms with Gasteiger partial charge in [-0.1, -0.05) is 0 Å². The number of fused-ring (bicyclic) bond motifs is 1. The number of aromatic nitrogens is 4. The molecule has 2 amide bonds. The van der Waals surface area contributed by atoms with Gasteiger partial charge in [0.1, 0.15) is 6.54 Å². The van der Waals surface area contributed by atoms with Crippen LogP contribution in [0.4, 0.5) is 0 Å². The van der Waals surface area contributed by atoms with Crippen molar-refractivity contribution in [2.24, 2.45) is 25.7 Å². The largest absolute Gasteiger partial charge is 0.369 e. The van der Waals surface area contributed by atoms with Crippen LogP contribution in [0.1, 0.15) is 12.8 Å². The quantitative estimate of drug-likeness (QED) is 0.668. The van der Waals surface area contributed by atoms with Crippen LogP contribution in [0.25, 0.3) is 11.2 Å². The van der Waals surface area contributed by atoms with E-state index in [2.05, 4.69) is 4.98 Å². The van der Waals surface area contributed by atoms with Crippen LogP contribution in [0.3, 0.4) is 0 Å². The summed E-state index contributed by atoms with van der Waals surface area (Å²) < 4.78 is 3.42. The maximum absolute atomic E-state index is 12.7. The molecule has 0 aliphatic carbocycles. The first-order valence-electron chi connectivity index (χ1n) is 8.11. The molecule has 3 rings (SSSR count). The van der Waals surface area contributed by atoms with Crippen LogP contribution in [0.15, 0.2) is 9.59 Å². The van der Waals surface area contributed by atoms with Crippen LogP contribution in [-0.4, -0.2) is 48.5 Å². The fraction of sp³-hybridized carbons (Fsp3) is 0.533. The third kappa shape index (κ3) is 2.90. The molecule has 1 aliphatic rings. The minimum atomic E-state index is -0.580. The number of nitrogens with zero attached hydrogens (tertiary/aromatic N) is 5. The van der Waals surface area contributed by atoms with Crippen LogP contribution in [-0.2, 0) is 30.2 Å². The fourth-order valence-electron chi connectivity index (χ4n) is 3.24. The van der Waals surface area contributed by atoms with Crippen LogP contribution in [0, 0.1) is 5.92 Å². The number of rotatable bonds is 3. The van der Waals surface area contributed by atoms with Gasteiger partial charge in [-0.3, -0.25) is 28.1 Å². The Hall–Kier alpha value is -2.62. The van der Waals surface area contributed by atoms with Crippen molar-refractivity contribution in [3.63, 3.8) is 0 Å². The predicted molar refractivity (Wildman–Crippen MR) is 93.7 cm³/mol. The molecular weight excluding hydrogens is 364 g/mol. The van der Waals surface area contributed by atoms with Gasteiger partial charge in [-0.25, -0.2) is 4.79 Å². The Morgan fingerprint density at radius 1 is 1.27 bits per heavy atom. The van der Waals surface area contributed by atoms with Crippen molar-refractivity contribution in [3.05, 3.63) is 26.1 Å². The van der Waals surface area contributed by atoms with Gasteiger partial charge in [-0.2, -0.15) is 4.98 Å². The van der Waals surface area contributed by atoms with E-state index in [-0.39, 0.29) is 41.4 Å². The molecule has 0 saturated carbocycles. The lowest BCUT2D eigenvalue weighted by atomic mass is 9.97.